The Hall–Kier alpha value is -0.580. The summed E-state index contributed by atoms with van der Waals surface area (Å²) in [6, 6.07) is 6.73. The maximum Gasteiger partial charge on any atom is 0.119 e. The van der Waals surface area contributed by atoms with Crippen molar-refractivity contribution in [2.24, 2.45) is 11.7 Å². The number of hydrogen-bond donors (Lipinski definition) is 1. The van der Waals surface area contributed by atoms with Crippen LogP contribution < -0.4 is 10.5 Å². The van der Waals surface area contributed by atoms with Gasteiger partial charge >= 0.3 is 0 Å². The zero-order valence-corrected chi connectivity index (χ0v) is 14.8. The van der Waals surface area contributed by atoms with E-state index in [1.807, 2.05) is 12.1 Å². The molecule has 0 aliphatic carbocycles. The zero-order chi connectivity index (χ0) is 15.3. The van der Waals surface area contributed by atoms with Crippen molar-refractivity contribution >= 4 is 15.9 Å². The van der Waals surface area contributed by atoms with Crippen LogP contribution in [0.1, 0.15) is 38.8 Å². The van der Waals surface area contributed by atoms with Crippen molar-refractivity contribution in [2.45, 2.75) is 39.3 Å². The van der Waals surface area contributed by atoms with Crippen LogP contribution in [0.5, 0.6) is 5.75 Å². The van der Waals surface area contributed by atoms with Crippen molar-refractivity contribution in [3.05, 3.63) is 28.2 Å². The quantitative estimate of drug-likeness (QED) is 0.818. The Morgan fingerprint density at radius 1 is 1.30 bits per heavy atom. The van der Waals surface area contributed by atoms with Crippen LogP contribution >= 0.6 is 15.9 Å². The van der Waals surface area contributed by atoms with Crippen LogP contribution in [0, 0.1) is 5.92 Å². The second-order valence-corrected chi connectivity index (χ2v) is 6.64. The third kappa shape index (κ3) is 4.47. The fourth-order valence-corrected chi connectivity index (χ4v) is 3.08. The summed E-state index contributed by atoms with van der Waals surface area (Å²) in [5, 5.41) is 0. The Labute approximate surface area is 131 Å². The van der Waals surface area contributed by atoms with E-state index in [2.05, 4.69) is 54.7 Å². The summed E-state index contributed by atoms with van der Waals surface area (Å²) in [7, 11) is 3.84. The molecule has 2 atom stereocenters. The molecule has 0 aliphatic heterocycles. The molecule has 0 aromatic heterocycles. The molecule has 2 N–H and O–H groups in total. The summed E-state index contributed by atoms with van der Waals surface area (Å²) in [4.78, 5) is 2.36. The summed E-state index contributed by atoms with van der Waals surface area (Å²) in [6.45, 7) is 7.36. The molecule has 114 valence electrons. The van der Waals surface area contributed by atoms with Gasteiger partial charge in [-0.3, -0.25) is 4.90 Å². The number of methoxy groups -OCH3 is 1. The summed E-state index contributed by atoms with van der Waals surface area (Å²) in [5.41, 5.74) is 7.22. The third-order valence-corrected chi connectivity index (χ3v) is 4.51. The van der Waals surface area contributed by atoms with E-state index in [0.717, 1.165) is 16.6 Å². The van der Waals surface area contributed by atoms with Gasteiger partial charge in [-0.25, -0.2) is 0 Å². The predicted octanol–water partition coefficient (Wildman–Crippen LogP) is 3.82. The molecule has 0 aliphatic rings. The Morgan fingerprint density at radius 3 is 2.45 bits per heavy atom. The predicted molar refractivity (Wildman–Crippen MR) is 89.2 cm³/mol. The standard InChI is InChI=1S/C16H27BrN2O/c1-11(2)8-12(3)19(4)16(10-18)14-9-13(20-5)6-7-15(14)17/h6-7,9,11-12,16H,8,10,18H2,1-5H3. The van der Waals surface area contributed by atoms with Crippen molar-refractivity contribution in [2.75, 3.05) is 20.7 Å². The molecule has 0 spiro atoms. The fourth-order valence-electron chi connectivity index (χ4n) is 2.57. The van der Waals surface area contributed by atoms with Crippen LogP contribution in [0.15, 0.2) is 22.7 Å². The second-order valence-electron chi connectivity index (χ2n) is 5.78. The SMILES string of the molecule is COc1ccc(Br)c(C(CN)N(C)C(C)CC(C)C)c1. The average Bonchev–Trinajstić information content (AvgIpc) is 2.40. The fraction of sp³-hybridized carbons (Fsp3) is 0.625. The topological polar surface area (TPSA) is 38.5 Å². The minimum atomic E-state index is 0.188. The molecule has 0 heterocycles. The van der Waals surface area contributed by atoms with E-state index in [1.165, 1.54) is 5.56 Å². The lowest BCUT2D eigenvalue weighted by Crippen LogP contribution is -2.37. The summed E-state index contributed by atoms with van der Waals surface area (Å²) >= 11 is 3.63. The van der Waals surface area contributed by atoms with Gasteiger partial charge in [-0.05, 0) is 50.1 Å². The highest BCUT2D eigenvalue weighted by molar-refractivity contribution is 9.10. The van der Waals surface area contributed by atoms with E-state index in [9.17, 15) is 0 Å². The largest absolute Gasteiger partial charge is 0.497 e. The van der Waals surface area contributed by atoms with Crippen molar-refractivity contribution in [1.82, 2.24) is 4.90 Å². The maximum atomic E-state index is 6.03. The molecule has 1 rings (SSSR count). The van der Waals surface area contributed by atoms with E-state index in [0.29, 0.717) is 18.5 Å². The molecule has 0 saturated heterocycles. The highest BCUT2D eigenvalue weighted by Gasteiger charge is 2.23. The van der Waals surface area contributed by atoms with Gasteiger partial charge in [0.25, 0.3) is 0 Å². The third-order valence-electron chi connectivity index (χ3n) is 3.78. The number of nitrogens with two attached hydrogens (primary N) is 1. The van der Waals surface area contributed by atoms with Crippen molar-refractivity contribution in [3.63, 3.8) is 0 Å². The van der Waals surface area contributed by atoms with Gasteiger partial charge in [-0.2, -0.15) is 0 Å². The summed E-state index contributed by atoms with van der Waals surface area (Å²) in [6.07, 6.45) is 1.16. The molecule has 1 aromatic rings. The Balaban J connectivity index is 3.00. The first-order valence-electron chi connectivity index (χ1n) is 7.16. The van der Waals surface area contributed by atoms with Crippen LogP contribution in [0.2, 0.25) is 0 Å². The van der Waals surface area contributed by atoms with E-state index in [-0.39, 0.29) is 6.04 Å². The summed E-state index contributed by atoms with van der Waals surface area (Å²) < 4.78 is 6.41. The molecular formula is C16H27BrN2O. The van der Waals surface area contributed by atoms with Crippen molar-refractivity contribution in [1.29, 1.82) is 0 Å². The van der Waals surface area contributed by atoms with Gasteiger partial charge in [-0.15, -0.1) is 0 Å². The number of likely N-dealkylation sites (N-methyl/N-ethyl adjacent to an activating group) is 1. The molecule has 0 radical (unpaired) electrons. The molecular weight excluding hydrogens is 316 g/mol. The number of ether oxygens (including phenoxy) is 1. The first-order valence-corrected chi connectivity index (χ1v) is 7.95. The first-order chi connectivity index (χ1) is 9.40. The molecule has 1 aromatic carbocycles. The lowest BCUT2D eigenvalue weighted by molar-refractivity contribution is 0.168. The molecule has 0 saturated carbocycles. The average molecular weight is 343 g/mol. The lowest BCUT2D eigenvalue weighted by Gasteiger charge is -2.34. The number of rotatable bonds is 7. The van der Waals surface area contributed by atoms with Gasteiger partial charge in [0.05, 0.1) is 7.11 Å². The molecule has 0 fully saturated rings. The molecule has 20 heavy (non-hydrogen) atoms. The van der Waals surface area contributed by atoms with Gasteiger partial charge < -0.3 is 10.5 Å². The Morgan fingerprint density at radius 2 is 1.95 bits per heavy atom. The van der Waals surface area contributed by atoms with Crippen molar-refractivity contribution in [3.8, 4) is 5.75 Å². The highest BCUT2D eigenvalue weighted by Crippen LogP contribution is 2.31. The van der Waals surface area contributed by atoms with Crippen molar-refractivity contribution < 1.29 is 4.74 Å². The smallest absolute Gasteiger partial charge is 0.119 e. The van der Waals surface area contributed by atoms with Gasteiger partial charge in [0.15, 0.2) is 0 Å². The van der Waals surface area contributed by atoms with E-state index < -0.39 is 0 Å². The number of benzene rings is 1. The summed E-state index contributed by atoms with van der Waals surface area (Å²) in [5.74, 6) is 1.55. The van der Waals surface area contributed by atoms with Crippen LogP contribution in [-0.2, 0) is 0 Å². The van der Waals surface area contributed by atoms with Gasteiger partial charge in [0.1, 0.15) is 5.75 Å². The lowest BCUT2D eigenvalue weighted by atomic mass is 9.99. The minimum absolute atomic E-state index is 0.188. The maximum absolute atomic E-state index is 6.03. The Kier molecular flexibility index (Phi) is 7.00. The normalized spacial score (nSPS) is 14.7. The first kappa shape index (κ1) is 17.5. The van der Waals surface area contributed by atoms with E-state index in [1.54, 1.807) is 7.11 Å². The van der Waals surface area contributed by atoms with Gasteiger partial charge in [-0.1, -0.05) is 29.8 Å². The number of nitrogens with zero attached hydrogens (tertiary/aromatic N) is 1. The van der Waals surface area contributed by atoms with Gasteiger partial charge in [0, 0.05) is 23.1 Å². The second kappa shape index (κ2) is 8.01. The number of hydrogen-bond acceptors (Lipinski definition) is 3. The van der Waals surface area contributed by atoms with Gasteiger partial charge in [0.2, 0.25) is 0 Å². The van der Waals surface area contributed by atoms with E-state index in [4.69, 9.17) is 10.5 Å². The van der Waals surface area contributed by atoms with Crippen LogP contribution in [0.25, 0.3) is 0 Å². The molecule has 0 amide bonds. The van der Waals surface area contributed by atoms with E-state index >= 15 is 0 Å². The number of halogens is 1. The molecule has 0 bridgehead atoms. The van der Waals surface area contributed by atoms with Crippen LogP contribution in [-0.4, -0.2) is 31.6 Å². The molecule has 3 nitrogen and oxygen atoms in total. The minimum Gasteiger partial charge on any atom is -0.497 e. The monoisotopic (exact) mass is 342 g/mol. The zero-order valence-electron chi connectivity index (χ0n) is 13.2. The Bertz CT molecular complexity index is 423. The van der Waals surface area contributed by atoms with Crippen LogP contribution in [0.3, 0.4) is 0 Å². The molecule has 4 heteroatoms. The molecule has 2 unspecified atom stereocenters. The van der Waals surface area contributed by atoms with Crippen LogP contribution in [0.4, 0.5) is 0 Å². The highest BCUT2D eigenvalue weighted by atomic mass is 79.9.